The Bertz CT molecular complexity index is 451. The van der Waals surface area contributed by atoms with Gasteiger partial charge in [0.2, 0.25) is 0 Å². The maximum Gasteiger partial charge on any atom is 0.127 e. The van der Waals surface area contributed by atoms with Crippen molar-refractivity contribution in [1.29, 1.82) is 0 Å². The van der Waals surface area contributed by atoms with Gasteiger partial charge in [-0.05, 0) is 51.3 Å². The highest BCUT2D eigenvalue weighted by Crippen LogP contribution is 2.20. The average Bonchev–Trinajstić information content (AvgIpc) is 2.75. The van der Waals surface area contributed by atoms with E-state index in [-0.39, 0.29) is 11.4 Å². The summed E-state index contributed by atoms with van der Waals surface area (Å²) in [5.74, 6) is 0.660. The van der Waals surface area contributed by atoms with Gasteiger partial charge >= 0.3 is 0 Å². The molecule has 20 heavy (non-hydrogen) atoms. The zero-order valence-corrected chi connectivity index (χ0v) is 13.2. The molecule has 1 aromatic rings. The van der Waals surface area contributed by atoms with Crippen LogP contribution >= 0.6 is 0 Å². The predicted molar refractivity (Wildman–Crippen MR) is 82.1 cm³/mol. The van der Waals surface area contributed by atoms with Crippen molar-refractivity contribution in [2.24, 2.45) is 5.92 Å². The van der Waals surface area contributed by atoms with Gasteiger partial charge in [0.05, 0.1) is 0 Å². The van der Waals surface area contributed by atoms with Crippen molar-refractivity contribution in [1.82, 2.24) is 10.2 Å². The molecule has 2 nitrogen and oxygen atoms in total. The van der Waals surface area contributed by atoms with E-state index in [0.717, 1.165) is 43.2 Å². The molecule has 0 saturated carbocycles. The van der Waals surface area contributed by atoms with Crippen molar-refractivity contribution >= 4 is 0 Å². The van der Waals surface area contributed by atoms with E-state index in [1.165, 1.54) is 6.42 Å². The minimum atomic E-state index is -0.0796. The smallest absolute Gasteiger partial charge is 0.127 e. The molecule has 1 aliphatic heterocycles. The van der Waals surface area contributed by atoms with Crippen molar-refractivity contribution < 1.29 is 4.39 Å². The first-order valence-electron chi connectivity index (χ1n) is 7.58. The number of benzene rings is 1. The van der Waals surface area contributed by atoms with Crippen LogP contribution in [0.3, 0.4) is 0 Å². The van der Waals surface area contributed by atoms with Crippen molar-refractivity contribution in [3.63, 3.8) is 0 Å². The number of hydrogen-bond donors (Lipinski definition) is 1. The van der Waals surface area contributed by atoms with Gasteiger partial charge in [-0.15, -0.1) is 0 Å². The SMILES string of the molecule is CC1CCN(Cc2cc(CNC(C)(C)C)ccc2F)C1. The van der Waals surface area contributed by atoms with Crippen molar-refractivity contribution in [2.45, 2.75) is 52.7 Å². The zero-order valence-electron chi connectivity index (χ0n) is 13.2. The minimum absolute atomic E-state index is 0.0796. The number of likely N-dealkylation sites (tertiary alicyclic amines) is 1. The molecule has 1 aliphatic rings. The van der Waals surface area contributed by atoms with Gasteiger partial charge in [0.1, 0.15) is 5.82 Å². The lowest BCUT2D eigenvalue weighted by molar-refractivity contribution is 0.314. The molecule has 2 rings (SSSR count). The van der Waals surface area contributed by atoms with Crippen LogP contribution in [0.1, 0.15) is 45.2 Å². The van der Waals surface area contributed by atoms with Crippen LogP contribution in [0.4, 0.5) is 4.39 Å². The van der Waals surface area contributed by atoms with E-state index >= 15 is 0 Å². The summed E-state index contributed by atoms with van der Waals surface area (Å²) < 4.78 is 13.9. The largest absolute Gasteiger partial charge is 0.308 e. The van der Waals surface area contributed by atoms with Crippen LogP contribution in [0.5, 0.6) is 0 Å². The number of hydrogen-bond acceptors (Lipinski definition) is 2. The Balaban J connectivity index is 2.01. The second kappa shape index (κ2) is 6.23. The van der Waals surface area contributed by atoms with Crippen LogP contribution < -0.4 is 5.32 Å². The summed E-state index contributed by atoms with van der Waals surface area (Å²) in [6.07, 6.45) is 1.23. The molecule has 1 fully saturated rings. The molecule has 0 amide bonds. The lowest BCUT2D eigenvalue weighted by atomic mass is 10.1. The van der Waals surface area contributed by atoms with E-state index in [4.69, 9.17) is 0 Å². The van der Waals surface area contributed by atoms with Crippen LogP contribution in [0.2, 0.25) is 0 Å². The fraction of sp³-hybridized carbons (Fsp3) is 0.647. The van der Waals surface area contributed by atoms with Gasteiger partial charge in [-0.3, -0.25) is 4.90 Å². The van der Waals surface area contributed by atoms with E-state index in [2.05, 4.69) is 37.9 Å². The maximum absolute atomic E-state index is 13.9. The maximum atomic E-state index is 13.9. The van der Waals surface area contributed by atoms with Crippen LogP contribution in [0.25, 0.3) is 0 Å². The molecule has 1 atom stereocenters. The molecule has 1 saturated heterocycles. The quantitative estimate of drug-likeness (QED) is 0.906. The average molecular weight is 278 g/mol. The van der Waals surface area contributed by atoms with Crippen molar-refractivity contribution in [2.75, 3.05) is 13.1 Å². The Labute approximate surface area is 122 Å². The third-order valence-electron chi connectivity index (χ3n) is 3.83. The Morgan fingerprint density at radius 2 is 2.10 bits per heavy atom. The van der Waals surface area contributed by atoms with E-state index in [1.54, 1.807) is 6.07 Å². The second-order valence-electron chi connectivity index (χ2n) is 7.16. The Kier molecular flexibility index (Phi) is 4.82. The molecular formula is C17H27FN2. The van der Waals surface area contributed by atoms with E-state index in [9.17, 15) is 4.39 Å². The van der Waals surface area contributed by atoms with Crippen molar-refractivity contribution in [3.05, 3.63) is 35.1 Å². The molecule has 112 valence electrons. The minimum Gasteiger partial charge on any atom is -0.308 e. The van der Waals surface area contributed by atoms with Gasteiger partial charge in [-0.25, -0.2) is 4.39 Å². The molecule has 1 heterocycles. The highest BCUT2D eigenvalue weighted by molar-refractivity contribution is 5.25. The number of rotatable bonds is 4. The molecule has 1 N–H and O–H groups in total. The normalized spacial score (nSPS) is 20.6. The molecule has 1 unspecified atom stereocenters. The first-order chi connectivity index (χ1) is 9.33. The van der Waals surface area contributed by atoms with Gasteiger partial charge in [0.15, 0.2) is 0 Å². The van der Waals surface area contributed by atoms with Crippen LogP contribution in [0, 0.1) is 11.7 Å². The molecule has 3 heteroatoms. The topological polar surface area (TPSA) is 15.3 Å². The molecule has 0 radical (unpaired) electrons. The summed E-state index contributed by atoms with van der Waals surface area (Å²) in [5.41, 5.74) is 2.06. The lowest BCUT2D eigenvalue weighted by Gasteiger charge is -2.21. The molecule has 0 aromatic heterocycles. The Morgan fingerprint density at radius 3 is 2.70 bits per heavy atom. The van der Waals surface area contributed by atoms with Gasteiger partial charge < -0.3 is 5.32 Å². The summed E-state index contributed by atoms with van der Waals surface area (Å²) in [5, 5.41) is 3.45. The number of halogens is 1. The standard InChI is InChI=1S/C17H27FN2/c1-13-7-8-20(11-13)12-15-9-14(5-6-16(15)18)10-19-17(2,3)4/h5-6,9,13,19H,7-8,10-12H2,1-4H3. The Hall–Kier alpha value is -0.930. The monoisotopic (exact) mass is 278 g/mol. The molecule has 1 aromatic carbocycles. The highest BCUT2D eigenvalue weighted by atomic mass is 19.1. The predicted octanol–water partition coefficient (Wildman–Crippen LogP) is 3.56. The number of nitrogens with zero attached hydrogens (tertiary/aromatic N) is 1. The van der Waals surface area contributed by atoms with Crippen molar-refractivity contribution in [3.8, 4) is 0 Å². The summed E-state index contributed by atoms with van der Waals surface area (Å²) in [6, 6.07) is 5.50. The van der Waals surface area contributed by atoms with Gasteiger partial charge in [-0.2, -0.15) is 0 Å². The summed E-state index contributed by atoms with van der Waals surface area (Å²) >= 11 is 0. The molecule has 0 aliphatic carbocycles. The van der Waals surface area contributed by atoms with E-state index in [0.29, 0.717) is 0 Å². The summed E-state index contributed by atoms with van der Waals surface area (Å²) in [6.45, 7) is 12.4. The highest BCUT2D eigenvalue weighted by Gasteiger charge is 2.19. The fourth-order valence-corrected chi connectivity index (χ4v) is 2.64. The zero-order chi connectivity index (χ0) is 14.8. The van der Waals surface area contributed by atoms with Gasteiger partial charge in [0.25, 0.3) is 0 Å². The third-order valence-corrected chi connectivity index (χ3v) is 3.83. The molecule has 0 bridgehead atoms. The lowest BCUT2D eigenvalue weighted by Crippen LogP contribution is -2.35. The first-order valence-corrected chi connectivity index (χ1v) is 7.58. The van der Waals surface area contributed by atoms with Gasteiger partial charge in [0, 0.05) is 30.7 Å². The van der Waals surface area contributed by atoms with E-state index in [1.807, 2.05) is 12.1 Å². The Morgan fingerprint density at radius 1 is 1.35 bits per heavy atom. The second-order valence-corrected chi connectivity index (χ2v) is 7.16. The molecular weight excluding hydrogens is 251 g/mol. The number of nitrogens with one attached hydrogen (secondary N) is 1. The van der Waals surface area contributed by atoms with Crippen LogP contribution in [-0.2, 0) is 13.1 Å². The fourth-order valence-electron chi connectivity index (χ4n) is 2.64. The molecule has 0 spiro atoms. The van der Waals surface area contributed by atoms with Crippen LogP contribution in [0.15, 0.2) is 18.2 Å². The van der Waals surface area contributed by atoms with Crippen LogP contribution in [-0.4, -0.2) is 23.5 Å². The first kappa shape index (κ1) is 15.5. The third kappa shape index (κ3) is 4.57. The summed E-state index contributed by atoms with van der Waals surface area (Å²) in [7, 11) is 0. The van der Waals surface area contributed by atoms with Gasteiger partial charge in [-0.1, -0.05) is 19.1 Å². The van der Waals surface area contributed by atoms with E-state index < -0.39 is 0 Å². The summed E-state index contributed by atoms with van der Waals surface area (Å²) in [4.78, 5) is 2.35.